The second-order valence-electron chi connectivity index (χ2n) is 3.64. The summed E-state index contributed by atoms with van der Waals surface area (Å²) >= 11 is 0. The number of carboxylic acid groups (broad SMARTS) is 1. The van der Waals surface area contributed by atoms with Crippen molar-refractivity contribution in [1.82, 2.24) is 0 Å². The average molecular weight is 236 g/mol. The number of nitrogens with zero attached hydrogens (tertiary/aromatic N) is 1. The minimum atomic E-state index is -1.44. The van der Waals surface area contributed by atoms with E-state index in [2.05, 4.69) is 0 Å². The van der Waals surface area contributed by atoms with E-state index in [1.54, 1.807) is 6.08 Å². The minimum absolute atomic E-state index is 0.00257. The summed E-state index contributed by atoms with van der Waals surface area (Å²) in [6, 6.07) is 9.29. The molecule has 0 radical (unpaired) electrons. The average Bonchev–Trinajstić information content (AvgIpc) is 2.35. The molecule has 0 aliphatic carbocycles. The standard InChI is InChI=1S/C12H13NO4/c14-9-13(7-6-11(15)12(16)17)8-10-4-2-1-3-5-10/h1-5,11,15H,6-8H2/p+1. The third-order valence-corrected chi connectivity index (χ3v) is 2.30. The Morgan fingerprint density at radius 2 is 2.00 bits per heavy atom. The predicted molar refractivity (Wildman–Crippen MR) is 59.2 cm³/mol. The molecule has 1 aromatic rings. The Morgan fingerprint density at radius 1 is 1.35 bits per heavy atom. The summed E-state index contributed by atoms with van der Waals surface area (Å²) in [5.41, 5.74) is 0.931. The van der Waals surface area contributed by atoms with E-state index in [9.17, 15) is 9.59 Å². The summed E-state index contributed by atoms with van der Waals surface area (Å²) in [7, 11) is 0. The van der Waals surface area contributed by atoms with Gasteiger partial charge >= 0.3 is 12.0 Å². The summed E-state index contributed by atoms with van der Waals surface area (Å²) in [5, 5.41) is 17.6. The van der Waals surface area contributed by atoms with Gasteiger partial charge in [-0.3, -0.25) is 0 Å². The normalized spacial score (nSPS) is 11.6. The minimum Gasteiger partial charge on any atom is -0.479 e. The third-order valence-electron chi connectivity index (χ3n) is 2.30. The van der Waals surface area contributed by atoms with Crippen molar-refractivity contribution in [3.8, 4) is 0 Å². The van der Waals surface area contributed by atoms with Crippen molar-refractivity contribution in [2.24, 2.45) is 0 Å². The molecule has 5 nitrogen and oxygen atoms in total. The molecule has 1 atom stereocenters. The van der Waals surface area contributed by atoms with Crippen LogP contribution < -0.4 is 0 Å². The second kappa shape index (κ2) is 6.58. The number of hydrogen-bond donors (Lipinski definition) is 2. The van der Waals surface area contributed by atoms with Crippen LogP contribution in [-0.2, 0) is 16.1 Å². The molecule has 0 heterocycles. The highest BCUT2D eigenvalue weighted by Gasteiger charge is 2.17. The van der Waals surface area contributed by atoms with Gasteiger partial charge in [-0.25, -0.2) is 4.79 Å². The highest BCUT2D eigenvalue weighted by Crippen LogP contribution is 2.01. The molecule has 0 saturated heterocycles. The monoisotopic (exact) mass is 236 g/mol. The fraction of sp³-hybridized carbons (Fsp3) is 0.333. The highest BCUT2D eigenvalue weighted by molar-refractivity contribution is 5.71. The summed E-state index contributed by atoms with van der Waals surface area (Å²) in [5.74, 6) is -1.28. The van der Waals surface area contributed by atoms with Gasteiger partial charge < -0.3 is 10.2 Å². The first kappa shape index (κ1) is 13.1. The molecular weight excluding hydrogens is 222 g/mol. The fourth-order valence-electron chi connectivity index (χ4n) is 1.36. The van der Waals surface area contributed by atoms with Crippen LogP contribution in [-0.4, -0.2) is 39.5 Å². The number of benzene rings is 1. The van der Waals surface area contributed by atoms with Gasteiger partial charge in [-0.05, 0) is 0 Å². The van der Waals surface area contributed by atoms with E-state index < -0.39 is 12.1 Å². The van der Waals surface area contributed by atoms with Crippen LogP contribution in [0.15, 0.2) is 30.3 Å². The first-order valence-corrected chi connectivity index (χ1v) is 5.21. The molecule has 0 aliphatic rings. The summed E-state index contributed by atoms with van der Waals surface area (Å²) < 4.78 is 1.31. The van der Waals surface area contributed by atoms with Gasteiger partial charge in [-0.15, -0.1) is 4.58 Å². The van der Waals surface area contributed by atoms with E-state index in [0.717, 1.165) is 5.56 Å². The Hall–Kier alpha value is -1.97. The van der Waals surface area contributed by atoms with E-state index in [0.29, 0.717) is 6.54 Å². The number of hydrogen-bond acceptors (Lipinski definition) is 3. The lowest BCUT2D eigenvalue weighted by molar-refractivity contribution is -0.542. The zero-order valence-electron chi connectivity index (χ0n) is 9.24. The Kier molecular flexibility index (Phi) is 5.07. The maximum Gasteiger partial charge on any atom is 0.424 e. The lowest BCUT2D eigenvalue weighted by Crippen LogP contribution is -2.24. The number of carbonyl (C=O) groups is 1. The van der Waals surface area contributed by atoms with Gasteiger partial charge in [0.05, 0.1) is 0 Å². The summed E-state index contributed by atoms with van der Waals surface area (Å²) in [6.07, 6.45) is 0.279. The molecule has 1 rings (SSSR count). The molecule has 0 aliphatic heterocycles. The van der Waals surface area contributed by atoms with Crippen LogP contribution in [0, 0.1) is 0 Å². The molecule has 0 amide bonds. The SMILES string of the molecule is O=C=[N+](CCC(O)C(=O)O)Cc1ccccc1. The van der Waals surface area contributed by atoms with Gasteiger partial charge in [0.2, 0.25) is 0 Å². The van der Waals surface area contributed by atoms with Crippen molar-refractivity contribution in [3.05, 3.63) is 35.9 Å². The van der Waals surface area contributed by atoms with Crippen LogP contribution in [0.5, 0.6) is 0 Å². The van der Waals surface area contributed by atoms with Crippen LogP contribution in [0.4, 0.5) is 0 Å². The number of aliphatic carboxylic acids is 1. The Labute approximate surface area is 98.6 Å². The first-order valence-electron chi connectivity index (χ1n) is 5.21. The van der Waals surface area contributed by atoms with Crippen LogP contribution in [0.1, 0.15) is 12.0 Å². The van der Waals surface area contributed by atoms with E-state index in [-0.39, 0.29) is 13.0 Å². The largest absolute Gasteiger partial charge is 0.479 e. The van der Waals surface area contributed by atoms with Gasteiger partial charge in [0, 0.05) is 12.0 Å². The van der Waals surface area contributed by atoms with Crippen LogP contribution in [0.2, 0.25) is 0 Å². The van der Waals surface area contributed by atoms with Gasteiger partial charge in [0.25, 0.3) is 0 Å². The molecule has 0 spiro atoms. The fourth-order valence-corrected chi connectivity index (χ4v) is 1.36. The maximum absolute atomic E-state index is 10.7. The van der Waals surface area contributed by atoms with Gasteiger partial charge in [-0.2, -0.15) is 4.79 Å². The summed E-state index contributed by atoms with van der Waals surface area (Å²) in [6.45, 7) is 0.516. The molecule has 0 aromatic heterocycles. The Bertz CT molecular complexity index is 423. The van der Waals surface area contributed by atoms with Crippen molar-refractivity contribution in [3.63, 3.8) is 0 Å². The molecule has 1 unspecified atom stereocenters. The molecule has 1 aromatic carbocycles. The lowest BCUT2D eigenvalue weighted by atomic mass is 10.2. The van der Waals surface area contributed by atoms with E-state index in [4.69, 9.17) is 10.2 Å². The third kappa shape index (κ3) is 4.59. The number of isocyanates is 1. The Balaban J connectivity index is 2.51. The number of carboxylic acids is 1. The van der Waals surface area contributed by atoms with Crippen molar-refractivity contribution in [1.29, 1.82) is 0 Å². The van der Waals surface area contributed by atoms with Crippen LogP contribution >= 0.6 is 0 Å². The molecule has 0 saturated carbocycles. The van der Waals surface area contributed by atoms with Crippen LogP contribution in [0.3, 0.4) is 0 Å². The zero-order valence-corrected chi connectivity index (χ0v) is 9.24. The van der Waals surface area contributed by atoms with E-state index >= 15 is 0 Å². The second-order valence-corrected chi connectivity index (χ2v) is 3.64. The molecule has 2 N–H and O–H groups in total. The smallest absolute Gasteiger partial charge is 0.424 e. The first-order chi connectivity index (χ1) is 8.13. The van der Waals surface area contributed by atoms with Crippen molar-refractivity contribution < 1.29 is 24.4 Å². The van der Waals surface area contributed by atoms with E-state index in [1.807, 2.05) is 30.3 Å². The summed E-state index contributed by atoms with van der Waals surface area (Å²) in [4.78, 5) is 21.1. The van der Waals surface area contributed by atoms with Crippen molar-refractivity contribution >= 4 is 12.0 Å². The van der Waals surface area contributed by atoms with Gasteiger partial charge in [0.15, 0.2) is 19.2 Å². The molecule has 0 bridgehead atoms. The van der Waals surface area contributed by atoms with E-state index in [1.165, 1.54) is 4.58 Å². The molecule has 90 valence electrons. The number of carbonyl (C=O) groups excluding carboxylic acids is 1. The molecular formula is C12H14NO4+. The topological polar surface area (TPSA) is 77.6 Å². The lowest BCUT2D eigenvalue weighted by Gasteiger charge is -2.03. The number of rotatable bonds is 6. The number of aliphatic hydroxyl groups excluding tert-OH is 1. The van der Waals surface area contributed by atoms with Crippen LogP contribution in [0.25, 0.3) is 0 Å². The van der Waals surface area contributed by atoms with Gasteiger partial charge in [-0.1, -0.05) is 30.3 Å². The van der Waals surface area contributed by atoms with Gasteiger partial charge in [0.1, 0.15) is 0 Å². The number of aliphatic hydroxyl groups is 1. The van der Waals surface area contributed by atoms with Crippen molar-refractivity contribution in [2.45, 2.75) is 19.1 Å². The Morgan fingerprint density at radius 3 is 2.53 bits per heavy atom. The maximum atomic E-state index is 10.7. The predicted octanol–water partition coefficient (Wildman–Crippen LogP) is 0.370. The molecule has 17 heavy (non-hydrogen) atoms. The molecule has 0 fully saturated rings. The highest BCUT2D eigenvalue weighted by atomic mass is 16.4. The van der Waals surface area contributed by atoms with Crippen molar-refractivity contribution in [2.75, 3.05) is 6.54 Å². The zero-order chi connectivity index (χ0) is 12.7. The molecule has 5 heteroatoms. The quantitative estimate of drug-likeness (QED) is 0.425.